The molecule has 0 aromatic carbocycles. The van der Waals surface area contributed by atoms with Gasteiger partial charge in [-0.05, 0) is 73.0 Å². The highest BCUT2D eigenvalue weighted by Gasteiger charge is 2.55. The molecule has 8 atom stereocenters. The molecule has 0 spiro atoms. The largest absolute Gasteiger partial charge is 0.459 e. The van der Waals surface area contributed by atoms with Crippen LogP contribution in [0.2, 0.25) is 0 Å². The van der Waals surface area contributed by atoms with E-state index in [0.717, 1.165) is 38.5 Å². The Balaban J connectivity index is 1.67. The van der Waals surface area contributed by atoms with Crippen LogP contribution < -0.4 is 0 Å². The van der Waals surface area contributed by atoms with Crippen LogP contribution >= 0.6 is 0 Å². The van der Waals surface area contributed by atoms with Gasteiger partial charge in [-0.25, -0.2) is 9.59 Å². The summed E-state index contributed by atoms with van der Waals surface area (Å²) >= 11 is 0. The molecular weight excluding hydrogens is 464 g/mol. The molecule has 0 heterocycles. The van der Waals surface area contributed by atoms with Crippen LogP contribution in [0.5, 0.6) is 0 Å². The normalized spacial score (nSPS) is 37.7. The first-order valence-corrected chi connectivity index (χ1v) is 15.0. The third-order valence-electron chi connectivity index (χ3n) is 10.3. The van der Waals surface area contributed by atoms with Gasteiger partial charge in [-0.2, -0.15) is 0 Å². The van der Waals surface area contributed by atoms with Gasteiger partial charge in [0.05, 0.1) is 17.1 Å². The zero-order valence-electron chi connectivity index (χ0n) is 24.5. The van der Waals surface area contributed by atoms with E-state index in [1.54, 1.807) is 0 Å². The van der Waals surface area contributed by atoms with Crippen molar-refractivity contribution in [3.05, 3.63) is 11.1 Å². The number of ether oxygens (including phenoxy) is 2. The average molecular weight is 515 g/mol. The predicted octanol–water partition coefficient (Wildman–Crippen LogP) is 6.93. The fraction of sp³-hybridized carbons (Fsp3) is 0.844. The SMILES string of the molecule is CC(C)[C@@H]1CC[C@@H](C)C[C@H]1OC(=O)C1=C(C(=O)O[C@@H]2C[C@H](C)CC[C@H]2C(C)C)C2CC(=O)C1CC2(C)C. The van der Waals surface area contributed by atoms with Crippen LogP contribution in [0.1, 0.15) is 107 Å². The van der Waals surface area contributed by atoms with Gasteiger partial charge in [0.15, 0.2) is 0 Å². The lowest BCUT2D eigenvalue weighted by molar-refractivity contribution is -0.159. The summed E-state index contributed by atoms with van der Waals surface area (Å²) in [5, 5.41) is 0. The summed E-state index contributed by atoms with van der Waals surface area (Å²) in [6, 6.07) is 0. The van der Waals surface area contributed by atoms with Crippen molar-refractivity contribution < 1.29 is 23.9 Å². The second-order valence-electron chi connectivity index (χ2n) is 14.3. The van der Waals surface area contributed by atoms with E-state index in [-0.39, 0.29) is 35.3 Å². The summed E-state index contributed by atoms with van der Waals surface area (Å²) in [5.74, 6) is 0.822. The highest BCUT2D eigenvalue weighted by Crippen LogP contribution is 2.54. The van der Waals surface area contributed by atoms with E-state index in [1.807, 2.05) is 0 Å². The van der Waals surface area contributed by atoms with Crippen molar-refractivity contribution in [1.82, 2.24) is 0 Å². The minimum atomic E-state index is -0.570. The van der Waals surface area contributed by atoms with Gasteiger partial charge in [-0.15, -0.1) is 0 Å². The molecule has 0 aromatic rings. The highest BCUT2D eigenvalue weighted by molar-refractivity contribution is 6.08. The molecule has 5 aliphatic carbocycles. The topological polar surface area (TPSA) is 69.7 Å². The first-order chi connectivity index (χ1) is 17.3. The van der Waals surface area contributed by atoms with E-state index >= 15 is 0 Å². The first kappa shape index (κ1) is 28.4. The number of ketones is 1. The summed E-state index contributed by atoms with van der Waals surface area (Å²) in [7, 11) is 0. The molecule has 5 rings (SSSR count). The summed E-state index contributed by atoms with van der Waals surface area (Å²) in [6.07, 6.45) is 6.66. The third-order valence-corrected chi connectivity index (χ3v) is 10.3. The molecule has 0 aliphatic heterocycles. The Labute approximate surface area is 224 Å². The second-order valence-corrected chi connectivity index (χ2v) is 14.3. The monoisotopic (exact) mass is 514 g/mol. The van der Waals surface area contributed by atoms with Crippen LogP contribution in [0.25, 0.3) is 0 Å². The van der Waals surface area contributed by atoms with Crippen molar-refractivity contribution in [2.24, 2.45) is 52.8 Å². The van der Waals surface area contributed by atoms with Crippen molar-refractivity contribution in [1.29, 1.82) is 0 Å². The zero-order valence-corrected chi connectivity index (χ0v) is 24.5. The predicted molar refractivity (Wildman–Crippen MR) is 144 cm³/mol. The Kier molecular flexibility index (Phi) is 8.31. The van der Waals surface area contributed by atoms with Crippen molar-refractivity contribution in [2.45, 2.75) is 119 Å². The van der Waals surface area contributed by atoms with Crippen molar-refractivity contribution in [3.8, 4) is 0 Å². The lowest BCUT2D eigenvalue weighted by Gasteiger charge is -2.48. The van der Waals surface area contributed by atoms with Crippen LogP contribution in [-0.4, -0.2) is 29.9 Å². The number of Topliss-reactive ketones (excluding diaryl/α,β-unsaturated/α-hetero) is 1. The Hall–Kier alpha value is -1.65. The van der Waals surface area contributed by atoms with Gasteiger partial charge in [-0.1, -0.05) is 68.2 Å². The zero-order chi connectivity index (χ0) is 27.2. The molecule has 0 aromatic heterocycles. The van der Waals surface area contributed by atoms with Crippen molar-refractivity contribution in [2.75, 3.05) is 0 Å². The summed E-state index contributed by atoms with van der Waals surface area (Å²) in [6.45, 7) is 17.4. The number of esters is 2. The smallest absolute Gasteiger partial charge is 0.335 e. The molecule has 3 saturated carbocycles. The van der Waals surface area contributed by atoms with E-state index in [9.17, 15) is 14.4 Å². The van der Waals surface area contributed by atoms with Crippen molar-refractivity contribution in [3.63, 3.8) is 0 Å². The Morgan fingerprint density at radius 3 is 1.70 bits per heavy atom. The molecule has 0 saturated heterocycles. The maximum atomic E-state index is 14.0. The van der Waals surface area contributed by atoms with E-state index in [1.165, 1.54) is 0 Å². The molecule has 208 valence electrons. The minimum Gasteiger partial charge on any atom is -0.459 e. The second kappa shape index (κ2) is 10.8. The van der Waals surface area contributed by atoms with E-state index in [0.29, 0.717) is 59.5 Å². The summed E-state index contributed by atoms with van der Waals surface area (Å²) in [5.41, 5.74) is 0.515. The number of fused-ring (bicyclic) bond motifs is 2. The number of carbonyl (C=O) groups is 3. The maximum Gasteiger partial charge on any atom is 0.335 e. The standard InChI is InChI=1S/C32H50O5/c1-17(2)21-11-9-19(5)13-26(21)36-30(34)28-23-16-32(7,8)24(15-25(23)33)29(28)31(35)37-27-14-20(6)10-12-22(27)18(3)4/h17-24,26-27H,9-16H2,1-8H3/t19-,20-,21+,22+,23?,24?,26-,27-/m1/s1. The summed E-state index contributed by atoms with van der Waals surface area (Å²) < 4.78 is 12.5. The molecule has 0 amide bonds. The van der Waals surface area contributed by atoms with Gasteiger partial charge in [-0.3, -0.25) is 4.79 Å². The molecule has 2 bridgehead atoms. The van der Waals surface area contributed by atoms with Crippen LogP contribution in [0.3, 0.4) is 0 Å². The molecule has 2 unspecified atom stereocenters. The molecule has 5 nitrogen and oxygen atoms in total. The Morgan fingerprint density at radius 1 is 0.784 bits per heavy atom. The molecule has 5 aliphatic rings. The Morgan fingerprint density at radius 2 is 1.24 bits per heavy atom. The molecule has 0 radical (unpaired) electrons. The average Bonchev–Trinajstić information content (AvgIpc) is 2.78. The number of hydrogen-bond acceptors (Lipinski definition) is 5. The Bertz CT molecular complexity index is 927. The number of rotatable bonds is 6. The third kappa shape index (κ3) is 5.71. The van der Waals surface area contributed by atoms with E-state index < -0.39 is 11.9 Å². The maximum absolute atomic E-state index is 14.0. The van der Waals surface area contributed by atoms with Gasteiger partial charge in [0.1, 0.15) is 18.0 Å². The van der Waals surface area contributed by atoms with Gasteiger partial charge < -0.3 is 9.47 Å². The van der Waals surface area contributed by atoms with E-state index in [4.69, 9.17) is 9.47 Å². The molecular formula is C32H50O5. The minimum absolute atomic E-state index is 0.0663. The number of carbonyl (C=O) groups excluding carboxylic acids is 3. The molecule has 37 heavy (non-hydrogen) atoms. The number of hydrogen-bond donors (Lipinski definition) is 0. The molecule has 5 heteroatoms. The lowest BCUT2D eigenvalue weighted by Crippen LogP contribution is -2.50. The van der Waals surface area contributed by atoms with Gasteiger partial charge >= 0.3 is 11.9 Å². The van der Waals surface area contributed by atoms with Crippen LogP contribution in [-0.2, 0) is 23.9 Å². The van der Waals surface area contributed by atoms with Gasteiger partial charge in [0.2, 0.25) is 0 Å². The quantitative estimate of drug-likeness (QED) is 0.360. The molecule has 0 N–H and O–H groups in total. The molecule has 3 fully saturated rings. The lowest BCUT2D eigenvalue weighted by atomic mass is 9.55. The fourth-order valence-corrected chi connectivity index (χ4v) is 7.94. The van der Waals surface area contributed by atoms with Crippen LogP contribution in [0.4, 0.5) is 0 Å². The first-order valence-electron chi connectivity index (χ1n) is 15.0. The highest BCUT2D eigenvalue weighted by atomic mass is 16.6. The fourth-order valence-electron chi connectivity index (χ4n) is 7.94. The van der Waals surface area contributed by atoms with Gasteiger partial charge in [0.25, 0.3) is 0 Å². The van der Waals surface area contributed by atoms with Crippen LogP contribution in [0.15, 0.2) is 11.1 Å². The van der Waals surface area contributed by atoms with Gasteiger partial charge in [0, 0.05) is 12.3 Å². The van der Waals surface area contributed by atoms with Crippen LogP contribution in [0, 0.1) is 52.8 Å². The summed E-state index contributed by atoms with van der Waals surface area (Å²) in [4.78, 5) is 41.0. The van der Waals surface area contributed by atoms with E-state index in [2.05, 4.69) is 55.4 Å². The van der Waals surface area contributed by atoms with Crippen molar-refractivity contribution >= 4 is 17.7 Å².